The second-order valence-corrected chi connectivity index (χ2v) is 5.83. The number of nitrogens with two attached hydrogens (primary N) is 1. The van der Waals surface area contributed by atoms with Crippen LogP contribution in [0.3, 0.4) is 0 Å². The molecule has 2 N–H and O–H groups in total. The van der Waals surface area contributed by atoms with Crippen molar-refractivity contribution in [1.82, 2.24) is 4.98 Å². The van der Waals surface area contributed by atoms with Gasteiger partial charge in [0.05, 0.1) is 11.2 Å². The fourth-order valence-electron chi connectivity index (χ4n) is 1.98. The summed E-state index contributed by atoms with van der Waals surface area (Å²) >= 11 is 1.33. The number of rotatable bonds is 5. The van der Waals surface area contributed by atoms with Crippen LogP contribution < -0.4 is 10.5 Å². The molecule has 0 saturated heterocycles. The van der Waals surface area contributed by atoms with E-state index in [9.17, 15) is 4.79 Å². The second kappa shape index (κ2) is 6.41. The standard InChI is InChI=1S/C17H14N2O2S/c18-17(20)15-11-19-16(22-15)10-12-6-8-14(9-7-12)21-13-4-2-1-3-5-13/h1-9,11H,10H2,(H2,18,20). The van der Waals surface area contributed by atoms with Crippen molar-refractivity contribution < 1.29 is 9.53 Å². The summed E-state index contributed by atoms with van der Waals surface area (Å²) in [5.74, 6) is 1.16. The highest BCUT2D eigenvalue weighted by molar-refractivity contribution is 7.13. The molecule has 5 heteroatoms. The Bertz CT molecular complexity index is 767. The van der Waals surface area contributed by atoms with Gasteiger partial charge in [0.1, 0.15) is 16.4 Å². The summed E-state index contributed by atoms with van der Waals surface area (Å²) in [6.45, 7) is 0. The predicted octanol–water partition coefficient (Wildman–Crippen LogP) is 3.63. The maximum Gasteiger partial charge on any atom is 0.260 e. The van der Waals surface area contributed by atoms with E-state index in [4.69, 9.17) is 10.5 Å². The molecule has 110 valence electrons. The lowest BCUT2D eigenvalue weighted by Gasteiger charge is -2.06. The zero-order valence-electron chi connectivity index (χ0n) is 11.7. The van der Waals surface area contributed by atoms with E-state index in [-0.39, 0.29) is 0 Å². The van der Waals surface area contributed by atoms with Crippen LogP contribution in [0, 0.1) is 0 Å². The Kier molecular flexibility index (Phi) is 4.16. The molecular formula is C17H14N2O2S. The summed E-state index contributed by atoms with van der Waals surface area (Å²) < 4.78 is 5.74. The monoisotopic (exact) mass is 310 g/mol. The summed E-state index contributed by atoms with van der Waals surface area (Å²) in [5.41, 5.74) is 6.33. The van der Waals surface area contributed by atoms with Crippen molar-refractivity contribution in [2.75, 3.05) is 0 Å². The van der Waals surface area contributed by atoms with Gasteiger partial charge in [-0.05, 0) is 29.8 Å². The van der Waals surface area contributed by atoms with Gasteiger partial charge in [-0.15, -0.1) is 11.3 Å². The topological polar surface area (TPSA) is 65.2 Å². The average molecular weight is 310 g/mol. The number of benzene rings is 2. The van der Waals surface area contributed by atoms with Crippen LogP contribution >= 0.6 is 11.3 Å². The molecule has 22 heavy (non-hydrogen) atoms. The van der Waals surface area contributed by atoms with E-state index in [1.807, 2.05) is 54.6 Å². The van der Waals surface area contributed by atoms with Gasteiger partial charge in [-0.1, -0.05) is 30.3 Å². The van der Waals surface area contributed by atoms with Crippen molar-refractivity contribution >= 4 is 17.2 Å². The molecular weight excluding hydrogens is 296 g/mol. The van der Waals surface area contributed by atoms with E-state index >= 15 is 0 Å². The summed E-state index contributed by atoms with van der Waals surface area (Å²) in [6.07, 6.45) is 2.19. The molecule has 2 aromatic carbocycles. The lowest BCUT2D eigenvalue weighted by Crippen LogP contribution is -2.08. The molecule has 1 aromatic heterocycles. The molecule has 0 fully saturated rings. The van der Waals surface area contributed by atoms with E-state index in [0.29, 0.717) is 11.3 Å². The van der Waals surface area contributed by atoms with Crippen molar-refractivity contribution in [2.45, 2.75) is 6.42 Å². The molecule has 0 bridgehead atoms. The van der Waals surface area contributed by atoms with Crippen molar-refractivity contribution in [1.29, 1.82) is 0 Å². The molecule has 0 unspecified atom stereocenters. The molecule has 3 aromatic rings. The molecule has 0 aliphatic rings. The highest BCUT2D eigenvalue weighted by Crippen LogP contribution is 2.23. The Morgan fingerprint density at radius 3 is 2.36 bits per heavy atom. The maximum atomic E-state index is 11.1. The molecule has 3 rings (SSSR count). The van der Waals surface area contributed by atoms with E-state index in [2.05, 4.69) is 4.98 Å². The van der Waals surface area contributed by atoms with Gasteiger partial charge in [0.25, 0.3) is 5.91 Å². The Hall–Kier alpha value is -2.66. The first-order valence-corrected chi connectivity index (χ1v) is 7.59. The van der Waals surface area contributed by atoms with Gasteiger partial charge in [0, 0.05) is 6.42 Å². The number of aromatic nitrogens is 1. The fraction of sp³-hybridized carbons (Fsp3) is 0.0588. The first-order chi connectivity index (χ1) is 10.7. The Labute approximate surface area is 132 Å². The minimum atomic E-state index is -0.435. The number of hydrogen-bond acceptors (Lipinski definition) is 4. The zero-order chi connectivity index (χ0) is 15.4. The molecule has 0 radical (unpaired) electrons. The number of ether oxygens (including phenoxy) is 1. The highest BCUT2D eigenvalue weighted by atomic mass is 32.1. The van der Waals surface area contributed by atoms with Crippen LogP contribution in [0.4, 0.5) is 0 Å². The lowest BCUT2D eigenvalue weighted by atomic mass is 10.1. The molecule has 0 aliphatic heterocycles. The van der Waals surface area contributed by atoms with Crippen LogP contribution in [0.25, 0.3) is 0 Å². The van der Waals surface area contributed by atoms with Gasteiger partial charge in [-0.3, -0.25) is 4.79 Å². The van der Waals surface area contributed by atoms with Gasteiger partial charge in [0.2, 0.25) is 0 Å². The molecule has 1 amide bonds. The number of hydrogen-bond donors (Lipinski definition) is 1. The van der Waals surface area contributed by atoms with E-state index in [0.717, 1.165) is 22.1 Å². The number of para-hydroxylation sites is 1. The predicted molar refractivity (Wildman–Crippen MR) is 86.4 cm³/mol. The molecule has 0 spiro atoms. The van der Waals surface area contributed by atoms with Gasteiger partial charge in [-0.2, -0.15) is 0 Å². The maximum absolute atomic E-state index is 11.1. The van der Waals surface area contributed by atoms with E-state index in [1.54, 1.807) is 0 Å². The van der Waals surface area contributed by atoms with Crippen LogP contribution in [-0.2, 0) is 6.42 Å². The van der Waals surface area contributed by atoms with Crippen molar-refractivity contribution in [3.63, 3.8) is 0 Å². The minimum absolute atomic E-state index is 0.435. The zero-order valence-corrected chi connectivity index (χ0v) is 12.5. The second-order valence-electron chi connectivity index (χ2n) is 4.72. The smallest absolute Gasteiger partial charge is 0.260 e. The molecule has 1 heterocycles. The number of primary amides is 1. The van der Waals surface area contributed by atoms with Crippen LogP contribution in [0.1, 0.15) is 20.2 Å². The third-order valence-electron chi connectivity index (χ3n) is 3.05. The van der Waals surface area contributed by atoms with Gasteiger partial charge in [-0.25, -0.2) is 4.98 Å². The van der Waals surface area contributed by atoms with Crippen molar-refractivity contribution in [3.8, 4) is 11.5 Å². The van der Waals surface area contributed by atoms with Gasteiger partial charge in [0.15, 0.2) is 0 Å². The van der Waals surface area contributed by atoms with Gasteiger partial charge >= 0.3 is 0 Å². The molecule has 0 atom stereocenters. The lowest BCUT2D eigenvalue weighted by molar-refractivity contribution is 0.100. The van der Waals surface area contributed by atoms with E-state index in [1.165, 1.54) is 17.5 Å². The molecule has 0 aliphatic carbocycles. The minimum Gasteiger partial charge on any atom is -0.457 e. The van der Waals surface area contributed by atoms with Crippen molar-refractivity contribution in [2.24, 2.45) is 5.73 Å². The Balaban J connectivity index is 1.67. The van der Waals surface area contributed by atoms with E-state index < -0.39 is 5.91 Å². The van der Waals surface area contributed by atoms with Gasteiger partial charge < -0.3 is 10.5 Å². The largest absolute Gasteiger partial charge is 0.457 e. The van der Waals surface area contributed by atoms with Crippen LogP contribution in [0.5, 0.6) is 11.5 Å². The average Bonchev–Trinajstić information content (AvgIpc) is 2.99. The number of nitrogens with zero attached hydrogens (tertiary/aromatic N) is 1. The SMILES string of the molecule is NC(=O)c1cnc(Cc2ccc(Oc3ccccc3)cc2)s1. The first kappa shape index (κ1) is 14.3. The normalized spacial score (nSPS) is 10.4. The quantitative estimate of drug-likeness (QED) is 0.782. The Morgan fingerprint density at radius 2 is 1.73 bits per heavy atom. The third-order valence-corrected chi connectivity index (χ3v) is 4.07. The molecule has 0 saturated carbocycles. The fourth-order valence-corrected chi connectivity index (χ4v) is 2.78. The number of amides is 1. The Morgan fingerprint density at radius 1 is 1.05 bits per heavy atom. The number of carbonyl (C=O) groups excluding carboxylic acids is 1. The number of carbonyl (C=O) groups is 1. The summed E-state index contributed by atoms with van der Waals surface area (Å²) in [5, 5.41) is 0.866. The van der Waals surface area contributed by atoms with Crippen LogP contribution in [-0.4, -0.2) is 10.9 Å². The van der Waals surface area contributed by atoms with Crippen LogP contribution in [0.15, 0.2) is 60.8 Å². The third kappa shape index (κ3) is 3.51. The summed E-state index contributed by atoms with van der Waals surface area (Å²) in [4.78, 5) is 15.8. The van der Waals surface area contributed by atoms with Crippen LogP contribution in [0.2, 0.25) is 0 Å². The molecule has 4 nitrogen and oxygen atoms in total. The van der Waals surface area contributed by atoms with Crippen molar-refractivity contribution in [3.05, 3.63) is 76.2 Å². The highest BCUT2D eigenvalue weighted by Gasteiger charge is 2.07. The summed E-state index contributed by atoms with van der Waals surface area (Å²) in [7, 11) is 0. The summed E-state index contributed by atoms with van der Waals surface area (Å²) in [6, 6.07) is 17.5. The first-order valence-electron chi connectivity index (χ1n) is 6.77. The number of thiazole rings is 1.